The summed E-state index contributed by atoms with van der Waals surface area (Å²) in [5.41, 5.74) is 2.60. The van der Waals surface area contributed by atoms with Crippen molar-refractivity contribution in [2.24, 2.45) is 0 Å². The van der Waals surface area contributed by atoms with Crippen molar-refractivity contribution in [1.29, 1.82) is 0 Å². The number of hydrogen-bond donors (Lipinski definition) is 0. The van der Waals surface area contributed by atoms with Gasteiger partial charge >= 0.3 is 0 Å². The van der Waals surface area contributed by atoms with Crippen molar-refractivity contribution in [3.05, 3.63) is 41.0 Å². The molecule has 126 valence electrons. The van der Waals surface area contributed by atoms with E-state index in [9.17, 15) is 13.2 Å². The maximum Gasteiger partial charge on any atom is 0.246 e. The zero-order chi connectivity index (χ0) is 17.2. The second-order valence-corrected chi connectivity index (χ2v) is 7.83. The Bertz CT molecular complexity index is 707. The maximum absolute atomic E-state index is 13.0. The first-order valence-electron chi connectivity index (χ1n) is 7.77. The number of nitrogens with zero attached hydrogens (tertiary/aromatic N) is 2. The molecule has 0 N–H and O–H groups in total. The molecule has 0 unspecified atom stereocenters. The Kier molecular flexibility index (Phi) is 5.26. The van der Waals surface area contributed by atoms with Gasteiger partial charge in [-0.2, -0.15) is 4.31 Å². The molecule has 1 aliphatic rings. The molecule has 0 saturated carbocycles. The van der Waals surface area contributed by atoms with Gasteiger partial charge in [0, 0.05) is 26.2 Å². The van der Waals surface area contributed by atoms with Crippen molar-refractivity contribution in [3.63, 3.8) is 0 Å². The highest BCUT2D eigenvalue weighted by Gasteiger charge is 2.31. The van der Waals surface area contributed by atoms with E-state index in [-0.39, 0.29) is 5.91 Å². The van der Waals surface area contributed by atoms with Gasteiger partial charge in [-0.15, -0.1) is 0 Å². The van der Waals surface area contributed by atoms with E-state index in [0.29, 0.717) is 31.1 Å². The van der Waals surface area contributed by atoms with Gasteiger partial charge in [-0.3, -0.25) is 4.79 Å². The molecule has 1 fully saturated rings. The Morgan fingerprint density at radius 2 is 1.57 bits per heavy atom. The Labute approximate surface area is 138 Å². The minimum Gasteiger partial charge on any atom is -0.337 e. The van der Waals surface area contributed by atoms with E-state index in [2.05, 4.69) is 0 Å². The van der Waals surface area contributed by atoms with Crippen molar-refractivity contribution in [3.8, 4) is 0 Å². The molecule has 2 rings (SSSR count). The number of allylic oxidation sites excluding steroid dienone is 1. The van der Waals surface area contributed by atoms with Gasteiger partial charge in [0.1, 0.15) is 0 Å². The molecular weight excluding hydrogens is 312 g/mol. The highest BCUT2D eigenvalue weighted by molar-refractivity contribution is 7.89. The zero-order valence-electron chi connectivity index (χ0n) is 14.2. The van der Waals surface area contributed by atoms with Crippen LogP contribution in [0.25, 0.3) is 0 Å². The highest BCUT2D eigenvalue weighted by Crippen LogP contribution is 2.26. The summed E-state index contributed by atoms with van der Waals surface area (Å²) < 4.78 is 27.4. The third-order valence-electron chi connectivity index (χ3n) is 4.06. The molecule has 0 radical (unpaired) electrons. The fourth-order valence-electron chi connectivity index (χ4n) is 3.10. The van der Waals surface area contributed by atoms with Crippen molar-refractivity contribution < 1.29 is 13.2 Å². The number of sulfonamides is 1. The molecule has 1 aromatic rings. The van der Waals surface area contributed by atoms with Gasteiger partial charge < -0.3 is 4.90 Å². The van der Waals surface area contributed by atoms with Gasteiger partial charge in [-0.1, -0.05) is 23.8 Å². The number of benzene rings is 1. The van der Waals surface area contributed by atoms with Gasteiger partial charge in [-0.25, -0.2) is 8.42 Å². The maximum atomic E-state index is 13.0. The molecule has 1 heterocycles. The quantitative estimate of drug-likeness (QED) is 0.794. The normalized spacial score (nSPS) is 17.0. The zero-order valence-corrected chi connectivity index (χ0v) is 15.0. The third-order valence-corrected chi connectivity index (χ3v) is 6.27. The van der Waals surface area contributed by atoms with Gasteiger partial charge in [0.15, 0.2) is 0 Å². The van der Waals surface area contributed by atoms with E-state index in [0.717, 1.165) is 16.7 Å². The molecule has 0 atom stereocenters. The molecule has 23 heavy (non-hydrogen) atoms. The van der Waals surface area contributed by atoms with Crippen molar-refractivity contribution in [2.45, 2.75) is 32.6 Å². The minimum atomic E-state index is -3.52. The van der Waals surface area contributed by atoms with Crippen LogP contribution >= 0.6 is 0 Å². The average Bonchev–Trinajstić information content (AvgIpc) is 2.46. The molecule has 5 nitrogen and oxygen atoms in total. The lowest BCUT2D eigenvalue weighted by Gasteiger charge is -2.34. The summed E-state index contributed by atoms with van der Waals surface area (Å²) in [6.45, 7) is 8.93. The van der Waals surface area contributed by atoms with E-state index >= 15 is 0 Å². The first-order chi connectivity index (χ1) is 10.8. The van der Waals surface area contributed by atoms with Crippen molar-refractivity contribution in [1.82, 2.24) is 9.21 Å². The highest BCUT2D eigenvalue weighted by atomic mass is 32.2. The fourth-order valence-corrected chi connectivity index (χ4v) is 4.93. The standard InChI is InChI=1S/C17H24N2O3S/c1-5-6-16(20)18-7-9-19(10-8-18)23(21,22)17-14(3)11-13(2)12-15(17)4/h5-6,11-12H,7-10H2,1-4H3/b6-5+. The van der Waals surface area contributed by atoms with Gasteiger partial charge in [-0.05, 0) is 44.9 Å². The third kappa shape index (κ3) is 3.64. The summed E-state index contributed by atoms with van der Waals surface area (Å²) in [6, 6.07) is 3.79. The van der Waals surface area contributed by atoms with Crippen LogP contribution in [0.3, 0.4) is 0 Å². The number of rotatable bonds is 3. The molecule has 1 aliphatic heterocycles. The largest absolute Gasteiger partial charge is 0.337 e. The first kappa shape index (κ1) is 17.7. The van der Waals surface area contributed by atoms with E-state index in [4.69, 9.17) is 0 Å². The molecule has 1 saturated heterocycles. The van der Waals surface area contributed by atoms with Gasteiger partial charge in [0.05, 0.1) is 4.90 Å². The van der Waals surface area contributed by atoms with Crippen LogP contribution in [0, 0.1) is 20.8 Å². The van der Waals surface area contributed by atoms with Crippen LogP contribution in [0.1, 0.15) is 23.6 Å². The monoisotopic (exact) mass is 336 g/mol. The van der Waals surface area contributed by atoms with Gasteiger partial charge in [0.2, 0.25) is 15.9 Å². The molecule has 0 aromatic heterocycles. The average molecular weight is 336 g/mol. The summed E-state index contributed by atoms with van der Waals surface area (Å²) in [4.78, 5) is 13.9. The summed E-state index contributed by atoms with van der Waals surface area (Å²) in [6.07, 6.45) is 3.21. The Morgan fingerprint density at radius 3 is 2.04 bits per heavy atom. The molecular formula is C17H24N2O3S. The summed E-state index contributed by atoms with van der Waals surface area (Å²) in [7, 11) is -3.52. The molecule has 1 amide bonds. The lowest BCUT2D eigenvalue weighted by Crippen LogP contribution is -2.50. The van der Waals surface area contributed by atoms with Crippen LogP contribution < -0.4 is 0 Å². The Morgan fingerprint density at radius 1 is 1.04 bits per heavy atom. The van der Waals surface area contributed by atoms with Crippen LogP contribution in [0.2, 0.25) is 0 Å². The smallest absolute Gasteiger partial charge is 0.246 e. The van der Waals surface area contributed by atoms with Crippen LogP contribution in [0.5, 0.6) is 0 Å². The van der Waals surface area contributed by atoms with Crippen LogP contribution in [-0.2, 0) is 14.8 Å². The van der Waals surface area contributed by atoms with E-state index < -0.39 is 10.0 Å². The van der Waals surface area contributed by atoms with Crippen LogP contribution in [0.15, 0.2) is 29.2 Å². The number of carbonyl (C=O) groups excluding carboxylic acids is 1. The lowest BCUT2D eigenvalue weighted by molar-refractivity contribution is -0.127. The molecule has 6 heteroatoms. The van der Waals surface area contributed by atoms with Crippen LogP contribution in [-0.4, -0.2) is 49.7 Å². The summed E-state index contributed by atoms with van der Waals surface area (Å²) >= 11 is 0. The van der Waals surface area contributed by atoms with E-state index in [1.807, 2.05) is 32.9 Å². The summed E-state index contributed by atoms with van der Waals surface area (Å²) in [5, 5.41) is 0. The SMILES string of the molecule is C/C=C/C(=O)N1CCN(S(=O)(=O)c2c(C)cc(C)cc2C)CC1. The number of hydrogen-bond acceptors (Lipinski definition) is 3. The predicted molar refractivity (Wildman–Crippen MR) is 90.8 cm³/mol. The number of carbonyl (C=O) groups is 1. The summed E-state index contributed by atoms with van der Waals surface area (Å²) in [5.74, 6) is -0.0627. The second-order valence-electron chi connectivity index (χ2n) is 5.96. The number of aryl methyl sites for hydroxylation is 3. The van der Waals surface area contributed by atoms with Crippen molar-refractivity contribution in [2.75, 3.05) is 26.2 Å². The van der Waals surface area contributed by atoms with E-state index in [1.54, 1.807) is 17.9 Å². The molecule has 0 spiro atoms. The lowest BCUT2D eigenvalue weighted by atomic mass is 10.1. The minimum absolute atomic E-state index is 0.0627. The topological polar surface area (TPSA) is 57.7 Å². The van der Waals surface area contributed by atoms with E-state index in [1.165, 1.54) is 10.4 Å². The second kappa shape index (κ2) is 6.84. The first-order valence-corrected chi connectivity index (χ1v) is 9.21. The number of piperazine rings is 1. The van der Waals surface area contributed by atoms with Crippen molar-refractivity contribution >= 4 is 15.9 Å². The predicted octanol–water partition coefficient (Wildman–Crippen LogP) is 2.02. The molecule has 0 bridgehead atoms. The van der Waals surface area contributed by atoms with Gasteiger partial charge in [0.25, 0.3) is 0 Å². The molecule has 0 aliphatic carbocycles. The van der Waals surface area contributed by atoms with Crippen LogP contribution in [0.4, 0.5) is 0 Å². The number of amides is 1. The molecule has 1 aromatic carbocycles. The Balaban J connectivity index is 2.22. The fraction of sp³-hybridized carbons (Fsp3) is 0.471. The Hall–Kier alpha value is -1.66.